The van der Waals surface area contributed by atoms with E-state index in [1.165, 1.54) is 4.31 Å². The van der Waals surface area contributed by atoms with Crippen molar-refractivity contribution in [2.24, 2.45) is 0 Å². The van der Waals surface area contributed by atoms with Gasteiger partial charge >= 0.3 is 0 Å². The molecule has 0 aromatic heterocycles. The van der Waals surface area contributed by atoms with E-state index >= 15 is 0 Å². The van der Waals surface area contributed by atoms with Crippen LogP contribution in [0, 0.1) is 6.42 Å². The van der Waals surface area contributed by atoms with E-state index in [0.717, 1.165) is 10.9 Å². The van der Waals surface area contributed by atoms with Gasteiger partial charge in [0.25, 0.3) is 10.0 Å². The van der Waals surface area contributed by atoms with Gasteiger partial charge in [0.15, 0.2) is 0 Å². The highest BCUT2D eigenvalue weighted by Gasteiger charge is 2.32. The average molecular weight is 337 g/mol. The van der Waals surface area contributed by atoms with E-state index in [1.807, 2.05) is 36.4 Å². The Hall–Kier alpha value is -2.53. The maximum Gasteiger partial charge on any atom is 0.264 e. The molecule has 0 atom stereocenters. The van der Waals surface area contributed by atoms with Gasteiger partial charge in [0, 0.05) is 23.7 Å². The van der Waals surface area contributed by atoms with Crippen LogP contribution >= 0.6 is 0 Å². The lowest BCUT2D eigenvalue weighted by Gasteiger charge is -2.21. The highest BCUT2D eigenvalue weighted by Crippen LogP contribution is 2.37. The summed E-state index contributed by atoms with van der Waals surface area (Å²) in [5, 5.41) is 1.43. The first-order valence-corrected chi connectivity index (χ1v) is 8.98. The van der Waals surface area contributed by atoms with Crippen LogP contribution in [0.15, 0.2) is 65.6 Å². The SMILES string of the molecule is COc1ccc(S(=O)(=O)N2C[C]c3ccccc32)c2ccccc12. The van der Waals surface area contributed by atoms with Crippen molar-refractivity contribution in [3.05, 3.63) is 72.6 Å². The molecule has 5 heteroatoms. The van der Waals surface area contributed by atoms with Gasteiger partial charge in [0.1, 0.15) is 5.75 Å². The molecule has 0 bridgehead atoms. The maximum atomic E-state index is 13.3. The number of methoxy groups -OCH3 is 1. The number of nitrogens with zero attached hydrogens (tertiary/aromatic N) is 1. The van der Waals surface area contributed by atoms with E-state index in [1.54, 1.807) is 31.4 Å². The van der Waals surface area contributed by atoms with Gasteiger partial charge in [-0.1, -0.05) is 42.5 Å². The zero-order valence-corrected chi connectivity index (χ0v) is 13.9. The lowest BCUT2D eigenvalue weighted by atomic mass is 10.1. The number of rotatable bonds is 3. The Balaban J connectivity index is 1.92. The summed E-state index contributed by atoms with van der Waals surface area (Å²) in [4.78, 5) is 0.275. The lowest BCUT2D eigenvalue weighted by molar-refractivity contribution is 0.419. The van der Waals surface area contributed by atoms with Crippen molar-refractivity contribution in [3.63, 3.8) is 0 Å². The third kappa shape index (κ3) is 2.16. The highest BCUT2D eigenvalue weighted by molar-refractivity contribution is 7.93. The summed E-state index contributed by atoms with van der Waals surface area (Å²) in [6.07, 6.45) is 3.12. The summed E-state index contributed by atoms with van der Waals surface area (Å²) in [7, 11) is -2.11. The number of ether oxygens (including phenoxy) is 1. The minimum atomic E-state index is -3.69. The molecule has 0 aliphatic carbocycles. The molecule has 120 valence electrons. The van der Waals surface area contributed by atoms with Crippen molar-refractivity contribution < 1.29 is 13.2 Å². The fraction of sp³-hybridized carbons (Fsp3) is 0.105. The van der Waals surface area contributed by atoms with Gasteiger partial charge in [-0.05, 0) is 23.8 Å². The molecule has 1 heterocycles. The van der Waals surface area contributed by atoms with Crippen LogP contribution in [-0.2, 0) is 10.0 Å². The van der Waals surface area contributed by atoms with Crippen LogP contribution in [0.2, 0.25) is 0 Å². The number of hydrogen-bond acceptors (Lipinski definition) is 3. The summed E-state index contributed by atoms with van der Waals surface area (Å²) in [5.41, 5.74) is 1.48. The van der Waals surface area contributed by atoms with Crippen molar-refractivity contribution >= 4 is 26.5 Å². The second-order valence-electron chi connectivity index (χ2n) is 5.52. The summed E-state index contributed by atoms with van der Waals surface area (Å²) >= 11 is 0. The highest BCUT2D eigenvalue weighted by atomic mass is 32.2. The standard InChI is InChI=1S/C19H15NO3S/c1-23-18-10-11-19(16-8-4-3-7-15(16)18)24(21,22)20-13-12-14-6-2-5-9-17(14)20/h2-11H,13H2,1H3. The van der Waals surface area contributed by atoms with Gasteiger partial charge in [-0.3, -0.25) is 4.31 Å². The monoisotopic (exact) mass is 337 g/mol. The predicted octanol–water partition coefficient (Wildman–Crippen LogP) is 3.49. The summed E-state index contributed by atoms with van der Waals surface area (Å²) in [6, 6.07) is 18.1. The van der Waals surface area contributed by atoms with Gasteiger partial charge in [-0.2, -0.15) is 0 Å². The largest absolute Gasteiger partial charge is 0.496 e. The fourth-order valence-corrected chi connectivity index (χ4v) is 4.65. The first kappa shape index (κ1) is 15.0. The van der Waals surface area contributed by atoms with E-state index in [0.29, 0.717) is 16.8 Å². The van der Waals surface area contributed by atoms with E-state index < -0.39 is 10.0 Å². The third-order valence-electron chi connectivity index (χ3n) is 4.22. The first-order valence-electron chi connectivity index (χ1n) is 7.54. The van der Waals surface area contributed by atoms with Gasteiger partial charge in [0.2, 0.25) is 0 Å². The van der Waals surface area contributed by atoms with E-state index in [9.17, 15) is 8.42 Å². The maximum absolute atomic E-state index is 13.3. The normalized spacial score (nSPS) is 14.0. The molecule has 2 radical (unpaired) electrons. The summed E-state index contributed by atoms with van der Waals surface area (Å²) in [6.45, 7) is 0.224. The molecule has 0 fully saturated rings. The molecular formula is C19H15NO3S. The number of fused-ring (bicyclic) bond motifs is 2. The Morgan fingerprint density at radius 1 is 0.958 bits per heavy atom. The minimum Gasteiger partial charge on any atom is -0.496 e. The molecule has 4 nitrogen and oxygen atoms in total. The number of anilines is 1. The number of hydrogen-bond donors (Lipinski definition) is 0. The van der Waals surface area contributed by atoms with Crippen LogP contribution in [0.5, 0.6) is 5.75 Å². The smallest absolute Gasteiger partial charge is 0.264 e. The molecule has 0 saturated carbocycles. The van der Waals surface area contributed by atoms with Crippen LogP contribution in [0.4, 0.5) is 5.69 Å². The topological polar surface area (TPSA) is 46.6 Å². The summed E-state index contributed by atoms with van der Waals surface area (Å²) in [5.74, 6) is 0.657. The van der Waals surface area contributed by atoms with Crippen LogP contribution in [0.3, 0.4) is 0 Å². The van der Waals surface area contributed by atoms with Crippen molar-refractivity contribution in [2.45, 2.75) is 4.90 Å². The second-order valence-corrected chi connectivity index (χ2v) is 7.35. The molecule has 0 amide bonds. The molecule has 1 aliphatic rings. The first-order chi connectivity index (χ1) is 11.6. The molecule has 0 unspecified atom stereocenters. The van der Waals surface area contributed by atoms with Crippen molar-refractivity contribution in [1.29, 1.82) is 0 Å². The van der Waals surface area contributed by atoms with Gasteiger partial charge < -0.3 is 4.74 Å². The van der Waals surface area contributed by atoms with Gasteiger partial charge in [-0.25, -0.2) is 8.42 Å². The van der Waals surface area contributed by atoms with Crippen LogP contribution < -0.4 is 9.04 Å². The third-order valence-corrected chi connectivity index (χ3v) is 6.04. The molecule has 1 aliphatic heterocycles. The van der Waals surface area contributed by atoms with Crippen LogP contribution in [0.25, 0.3) is 10.8 Å². The van der Waals surface area contributed by atoms with Gasteiger partial charge in [0.05, 0.1) is 17.7 Å². The van der Waals surface area contributed by atoms with E-state index in [2.05, 4.69) is 6.42 Å². The van der Waals surface area contributed by atoms with Crippen molar-refractivity contribution in [2.75, 3.05) is 18.0 Å². The zero-order chi connectivity index (χ0) is 16.7. The van der Waals surface area contributed by atoms with Crippen LogP contribution in [0.1, 0.15) is 5.56 Å². The minimum absolute atomic E-state index is 0.224. The van der Waals surface area contributed by atoms with Crippen LogP contribution in [-0.4, -0.2) is 22.1 Å². The molecule has 3 aromatic carbocycles. The number of sulfonamides is 1. The molecule has 24 heavy (non-hydrogen) atoms. The molecule has 0 N–H and O–H groups in total. The lowest BCUT2D eigenvalue weighted by Crippen LogP contribution is -2.29. The Morgan fingerprint density at radius 3 is 2.46 bits per heavy atom. The molecule has 4 rings (SSSR count). The Morgan fingerprint density at radius 2 is 1.67 bits per heavy atom. The van der Waals surface area contributed by atoms with E-state index in [4.69, 9.17) is 4.74 Å². The predicted molar refractivity (Wildman–Crippen MR) is 93.8 cm³/mol. The van der Waals surface area contributed by atoms with E-state index in [-0.39, 0.29) is 11.4 Å². The van der Waals surface area contributed by atoms with Gasteiger partial charge in [-0.15, -0.1) is 0 Å². The van der Waals surface area contributed by atoms with Crippen molar-refractivity contribution in [3.8, 4) is 5.75 Å². The Bertz CT molecular complexity index is 1030. The average Bonchev–Trinajstić information content (AvgIpc) is 3.05. The molecule has 0 saturated heterocycles. The summed E-state index contributed by atoms with van der Waals surface area (Å²) < 4.78 is 33.3. The Labute approximate surface area is 141 Å². The molecular weight excluding hydrogens is 322 g/mol. The zero-order valence-electron chi connectivity index (χ0n) is 13.1. The Kier molecular flexibility index (Phi) is 3.46. The molecule has 3 aromatic rings. The second kappa shape index (κ2) is 5.53. The molecule has 0 spiro atoms. The van der Waals surface area contributed by atoms with Crippen molar-refractivity contribution in [1.82, 2.24) is 0 Å². The quantitative estimate of drug-likeness (QED) is 0.735. The number of para-hydroxylation sites is 1. The fourth-order valence-electron chi connectivity index (χ4n) is 3.06. The number of benzene rings is 3.